The minimum atomic E-state index is 0.321. The highest BCUT2D eigenvalue weighted by Crippen LogP contribution is 2.66. The van der Waals surface area contributed by atoms with Crippen LogP contribution in [0.5, 0.6) is 11.5 Å². The first-order chi connectivity index (χ1) is 12.3. The van der Waals surface area contributed by atoms with Gasteiger partial charge in [0, 0.05) is 12.1 Å². The van der Waals surface area contributed by atoms with Crippen molar-refractivity contribution in [1.29, 1.82) is 0 Å². The smallest absolute Gasteiger partial charge is 0.175 e. The first-order valence-corrected chi connectivity index (χ1v) is 10.8. The predicted octanol–water partition coefficient (Wildman–Crippen LogP) is 5.70. The maximum absolute atomic E-state index is 5.73. The van der Waals surface area contributed by atoms with Gasteiger partial charge in [-0.1, -0.05) is 13.8 Å². The molecule has 4 fully saturated rings. The summed E-state index contributed by atoms with van der Waals surface area (Å²) in [5.41, 5.74) is 2.65. The molecule has 144 valence electrons. The summed E-state index contributed by atoms with van der Waals surface area (Å²) < 4.78 is 12.3. The second kappa shape index (κ2) is 6.41. The van der Waals surface area contributed by atoms with Crippen LogP contribution >= 0.6 is 15.9 Å². The third-order valence-electron chi connectivity index (χ3n) is 6.87. The Bertz CT molecular complexity index is 686. The van der Waals surface area contributed by atoms with Crippen molar-refractivity contribution >= 4 is 15.9 Å². The lowest BCUT2D eigenvalue weighted by atomic mass is 9.43. The first kappa shape index (κ1) is 18.6. The molecule has 4 aliphatic rings. The highest BCUT2D eigenvalue weighted by Gasteiger charge is 2.59. The Hall–Kier alpha value is -0.740. The Morgan fingerprint density at radius 2 is 1.81 bits per heavy atom. The van der Waals surface area contributed by atoms with Crippen LogP contribution in [0.1, 0.15) is 64.9 Å². The van der Waals surface area contributed by atoms with Crippen LogP contribution in [0, 0.1) is 16.7 Å². The first-order valence-electron chi connectivity index (χ1n) is 10.0. The number of ether oxygens (including phenoxy) is 2. The molecule has 0 aliphatic heterocycles. The van der Waals surface area contributed by atoms with E-state index in [0.717, 1.165) is 28.4 Å². The van der Waals surface area contributed by atoms with Gasteiger partial charge in [-0.3, -0.25) is 0 Å². The number of hydrogen-bond acceptors (Lipinski definition) is 3. The summed E-state index contributed by atoms with van der Waals surface area (Å²) in [7, 11) is 1.71. The third-order valence-corrected chi connectivity index (χ3v) is 7.46. The number of rotatable bonds is 6. The quantitative estimate of drug-likeness (QED) is 0.639. The van der Waals surface area contributed by atoms with Gasteiger partial charge in [0.2, 0.25) is 0 Å². The van der Waals surface area contributed by atoms with Crippen molar-refractivity contribution in [1.82, 2.24) is 5.32 Å². The molecule has 3 nitrogen and oxygen atoms in total. The Labute approximate surface area is 166 Å². The number of benzene rings is 1. The molecule has 2 unspecified atom stereocenters. The van der Waals surface area contributed by atoms with E-state index in [1.54, 1.807) is 7.11 Å². The van der Waals surface area contributed by atoms with Crippen molar-refractivity contribution in [3.8, 4) is 11.5 Å². The molecule has 4 aliphatic carbocycles. The molecule has 0 aromatic heterocycles. The summed E-state index contributed by atoms with van der Waals surface area (Å²) in [4.78, 5) is 0. The van der Waals surface area contributed by atoms with Crippen molar-refractivity contribution in [3.05, 3.63) is 22.2 Å². The maximum Gasteiger partial charge on any atom is 0.175 e. The molecule has 1 aromatic rings. The van der Waals surface area contributed by atoms with Gasteiger partial charge in [0.05, 0.1) is 18.2 Å². The summed E-state index contributed by atoms with van der Waals surface area (Å²) >= 11 is 3.66. The van der Waals surface area contributed by atoms with E-state index in [1.165, 1.54) is 44.1 Å². The summed E-state index contributed by atoms with van der Waals surface area (Å²) in [5, 5.41) is 4.01. The lowest BCUT2D eigenvalue weighted by Gasteiger charge is -2.65. The standard InChI is InChI=1S/C22H32BrNO2/c1-5-26-19-17(23)6-15(7-18(19)25-4)11-24-22-10-16-8-20(2,13-22)12-21(3,9-16)14-22/h6-7,16,24H,5,8-14H2,1-4H3/t16?,20-,21+,22?. The average Bonchev–Trinajstić information content (AvgIpc) is 2.51. The fourth-order valence-corrected chi connectivity index (χ4v) is 7.70. The monoisotopic (exact) mass is 421 g/mol. The fourth-order valence-electron chi connectivity index (χ4n) is 7.09. The van der Waals surface area contributed by atoms with Gasteiger partial charge in [0.25, 0.3) is 0 Å². The van der Waals surface area contributed by atoms with E-state index >= 15 is 0 Å². The molecule has 0 spiro atoms. The van der Waals surface area contributed by atoms with Crippen molar-refractivity contribution < 1.29 is 9.47 Å². The van der Waals surface area contributed by atoms with Gasteiger partial charge < -0.3 is 14.8 Å². The molecule has 4 saturated carbocycles. The van der Waals surface area contributed by atoms with Crippen LogP contribution in [0.25, 0.3) is 0 Å². The second-order valence-electron chi connectivity index (χ2n) is 9.81. The van der Waals surface area contributed by atoms with E-state index in [9.17, 15) is 0 Å². The molecule has 4 bridgehead atoms. The zero-order valence-corrected chi connectivity index (χ0v) is 18.2. The number of nitrogens with one attached hydrogen (secondary N) is 1. The molecule has 0 heterocycles. The molecule has 4 heteroatoms. The Balaban J connectivity index is 1.53. The Morgan fingerprint density at radius 3 is 2.38 bits per heavy atom. The topological polar surface area (TPSA) is 30.5 Å². The Kier molecular flexibility index (Phi) is 4.59. The molecule has 5 rings (SSSR count). The van der Waals surface area contributed by atoms with E-state index in [1.807, 2.05) is 6.92 Å². The summed E-state index contributed by atoms with van der Waals surface area (Å²) in [6, 6.07) is 4.29. The predicted molar refractivity (Wildman–Crippen MR) is 109 cm³/mol. The SMILES string of the molecule is CCOc1c(Br)cc(CNC23CC4C[C@@](C)(C2)C[C@](C)(C4)C3)cc1OC. The molecular formula is C22H32BrNO2. The number of hydrogen-bond donors (Lipinski definition) is 1. The van der Waals surface area contributed by atoms with Gasteiger partial charge in [-0.05, 0) is 95.8 Å². The summed E-state index contributed by atoms with van der Waals surface area (Å²) in [6.45, 7) is 8.58. The van der Waals surface area contributed by atoms with Crippen molar-refractivity contribution in [2.75, 3.05) is 13.7 Å². The van der Waals surface area contributed by atoms with E-state index in [4.69, 9.17) is 9.47 Å². The highest BCUT2D eigenvalue weighted by molar-refractivity contribution is 9.10. The van der Waals surface area contributed by atoms with Crippen LogP contribution in [0.2, 0.25) is 0 Å². The van der Waals surface area contributed by atoms with Crippen LogP contribution < -0.4 is 14.8 Å². The van der Waals surface area contributed by atoms with Gasteiger partial charge in [0.15, 0.2) is 11.5 Å². The molecule has 0 saturated heterocycles. The number of halogens is 1. The van der Waals surface area contributed by atoms with Crippen LogP contribution in [0.15, 0.2) is 16.6 Å². The largest absolute Gasteiger partial charge is 0.493 e. The van der Waals surface area contributed by atoms with Crippen LogP contribution in [0.4, 0.5) is 0 Å². The second-order valence-corrected chi connectivity index (χ2v) is 10.7. The molecule has 1 aromatic carbocycles. The molecule has 1 N–H and O–H groups in total. The average molecular weight is 422 g/mol. The highest BCUT2D eigenvalue weighted by atomic mass is 79.9. The zero-order chi connectivity index (χ0) is 18.6. The van der Waals surface area contributed by atoms with Crippen LogP contribution in [-0.2, 0) is 6.54 Å². The van der Waals surface area contributed by atoms with Gasteiger partial charge in [-0.15, -0.1) is 0 Å². The lowest BCUT2D eigenvalue weighted by molar-refractivity contribution is -0.118. The van der Waals surface area contributed by atoms with Crippen LogP contribution in [0.3, 0.4) is 0 Å². The van der Waals surface area contributed by atoms with Gasteiger partial charge >= 0.3 is 0 Å². The fraction of sp³-hybridized carbons (Fsp3) is 0.727. The summed E-state index contributed by atoms with van der Waals surface area (Å²) in [5.74, 6) is 2.52. The molecule has 4 atom stereocenters. The van der Waals surface area contributed by atoms with Crippen molar-refractivity contribution in [3.63, 3.8) is 0 Å². The van der Waals surface area contributed by atoms with E-state index < -0.39 is 0 Å². The van der Waals surface area contributed by atoms with Crippen LogP contribution in [-0.4, -0.2) is 19.3 Å². The minimum absolute atomic E-state index is 0.321. The molecular weight excluding hydrogens is 390 g/mol. The zero-order valence-electron chi connectivity index (χ0n) is 16.6. The number of methoxy groups -OCH3 is 1. The van der Waals surface area contributed by atoms with E-state index in [2.05, 4.69) is 47.2 Å². The van der Waals surface area contributed by atoms with Gasteiger partial charge in [0.1, 0.15) is 0 Å². The normalized spacial score (nSPS) is 37.8. The van der Waals surface area contributed by atoms with Crippen molar-refractivity contribution in [2.45, 2.75) is 71.4 Å². The maximum atomic E-state index is 5.73. The molecule has 0 radical (unpaired) electrons. The van der Waals surface area contributed by atoms with E-state index in [-0.39, 0.29) is 0 Å². The van der Waals surface area contributed by atoms with Crippen molar-refractivity contribution in [2.24, 2.45) is 16.7 Å². The van der Waals surface area contributed by atoms with Gasteiger partial charge in [-0.2, -0.15) is 0 Å². The Morgan fingerprint density at radius 1 is 1.12 bits per heavy atom. The minimum Gasteiger partial charge on any atom is -0.493 e. The third kappa shape index (κ3) is 3.28. The van der Waals surface area contributed by atoms with E-state index in [0.29, 0.717) is 23.0 Å². The lowest BCUT2D eigenvalue weighted by Crippen LogP contribution is -2.63. The molecule has 26 heavy (non-hydrogen) atoms. The molecule has 0 amide bonds. The van der Waals surface area contributed by atoms with Gasteiger partial charge in [-0.25, -0.2) is 0 Å². The summed E-state index contributed by atoms with van der Waals surface area (Å²) in [6.07, 6.45) is 8.32.